The molecule has 0 saturated carbocycles. The van der Waals surface area contributed by atoms with Gasteiger partial charge in [-0.2, -0.15) is 0 Å². The van der Waals surface area contributed by atoms with Crippen molar-refractivity contribution in [3.63, 3.8) is 0 Å². The summed E-state index contributed by atoms with van der Waals surface area (Å²) in [6.07, 6.45) is -0.770. The van der Waals surface area contributed by atoms with Crippen molar-refractivity contribution in [1.82, 2.24) is 15.5 Å². The number of nitrogens with zero attached hydrogens (tertiary/aromatic N) is 1. The van der Waals surface area contributed by atoms with Gasteiger partial charge in [-0.3, -0.25) is 14.9 Å². The third kappa shape index (κ3) is 2.44. The molecule has 0 radical (unpaired) electrons. The number of piperazine rings is 1. The fourth-order valence-corrected chi connectivity index (χ4v) is 2.23. The van der Waals surface area contributed by atoms with E-state index < -0.39 is 30.1 Å². The minimum atomic E-state index is -1.13. The van der Waals surface area contributed by atoms with E-state index in [1.54, 1.807) is 0 Å². The molecular formula is C10H15N3O5. The molecule has 0 aliphatic carbocycles. The number of hydrogen-bond acceptors (Lipinski definition) is 5. The number of nitrogens with one attached hydrogen (secondary N) is 2. The molecule has 3 atom stereocenters. The molecule has 2 aliphatic rings. The Bertz CT molecular complexity index is 376. The van der Waals surface area contributed by atoms with Gasteiger partial charge in [0.2, 0.25) is 11.8 Å². The van der Waals surface area contributed by atoms with Crippen molar-refractivity contribution in [2.45, 2.75) is 24.6 Å². The predicted octanol–water partition coefficient (Wildman–Crippen LogP) is -2.88. The van der Waals surface area contributed by atoms with Crippen LogP contribution in [0.3, 0.4) is 0 Å². The molecule has 2 fully saturated rings. The second kappa shape index (κ2) is 4.91. The van der Waals surface area contributed by atoms with Crippen molar-refractivity contribution in [2.75, 3.05) is 19.6 Å². The predicted molar refractivity (Wildman–Crippen MR) is 58.6 cm³/mol. The number of carbonyl (C=O) groups is 3. The number of rotatable bonds is 2. The number of carbonyl (C=O) groups excluding carboxylic acids is 2. The first-order valence-corrected chi connectivity index (χ1v) is 5.70. The van der Waals surface area contributed by atoms with Crippen LogP contribution in [0.15, 0.2) is 0 Å². The summed E-state index contributed by atoms with van der Waals surface area (Å²) in [6, 6.07) is -1.62. The highest BCUT2D eigenvalue weighted by atomic mass is 16.4. The highest BCUT2D eigenvalue weighted by molar-refractivity contribution is 5.90. The van der Waals surface area contributed by atoms with Crippen LogP contribution in [0.1, 0.15) is 6.42 Å². The molecule has 0 aromatic heterocycles. The van der Waals surface area contributed by atoms with E-state index in [0.717, 1.165) is 4.90 Å². The molecule has 2 heterocycles. The Balaban J connectivity index is 2.03. The second-order valence-electron chi connectivity index (χ2n) is 4.47. The number of amides is 2. The fourth-order valence-electron chi connectivity index (χ4n) is 2.23. The molecule has 0 aromatic carbocycles. The minimum Gasteiger partial charge on any atom is -0.480 e. The minimum absolute atomic E-state index is 0.0158. The standard InChI is InChI=1S/C10H15N3O5/c14-5-1-7(10(17)18)13(4-5)9(16)6-2-12-8(15)3-11-6/h5-7,11,14H,1-4H2,(H,12,15)(H,17,18)/t5-,6?,7-/m1/s1. The number of β-amino-alcohol motifs (C(OH)–C–C–N with tert-alkyl or cyclic N) is 1. The van der Waals surface area contributed by atoms with Gasteiger partial charge in [0.05, 0.1) is 12.6 Å². The molecule has 0 aromatic rings. The fraction of sp³-hybridized carbons (Fsp3) is 0.700. The summed E-state index contributed by atoms with van der Waals surface area (Å²) in [7, 11) is 0. The molecule has 0 spiro atoms. The Hall–Kier alpha value is -1.67. The zero-order chi connectivity index (χ0) is 13.3. The molecule has 4 N–H and O–H groups in total. The maximum Gasteiger partial charge on any atom is 0.326 e. The molecule has 8 heteroatoms. The van der Waals surface area contributed by atoms with E-state index >= 15 is 0 Å². The lowest BCUT2D eigenvalue weighted by atomic mass is 10.1. The molecule has 8 nitrogen and oxygen atoms in total. The lowest BCUT2D eigenvalue weighted by Crippen LogP contribution is -2.59. The van der Waals surface area contributed by atoms with E-state index in [4.69, 9.17) is 5.11 Å². The van der Waals surface area contributed by atoms with Gasteiger partial charge >= 0.3 is 5.97 Å². The van der Waals surface area contributed by atoms with E-state index in [9.17, 15) is 19.5 Å². The quantitative estimate of drug-likeness (QED) is 0.422. The first-order valence-electron chi connectivity index (χ1n) is 5.70. The lowest BCUT2D eigenvalue weighted by molar-refractivity contribution is -0.149. The molecule has 2 rings (SSSR count). The zero-order valence-electron chi connectivity index (χ0n) is 9.63. The van der Waals surface area contributed by atoms with Crippen molar-refractivity contribution in [3.05, 3.63) is 0 Å². The molecule has 2 saturated heterocycles. The van der Waals surface area contributed by atoms with Crippen LogP contribution < -0.4 is 10.6 Å². The molecular weight excluding hydrogens is 242 g/mol. The maximum atomic E-state index is 12.1. The average Bonchev–Trinajstić information content (AvgIpc) is 2.71. The largest absolute Gasteiger partial charge is 0.480 e. The summed E-state index contributed by atoms with van der Waals surface area (Å²) in [5, 5.41) is 23.7. The summed E-state index contributed by atoms with van der Waals surface area (Å²) in [4.78, 5) is 35.2. The van der Waals surface area contributed by atoms with E-state index in [1.807, 2.05) is 0 Å². The number of aliphatic hydroxyl groups is 1. The Morgan fingerprint density at radius 3 is 2.67 bits per heavy atom. The Labute approximate surface area is 103 Å². The summed E-state index contributed by atoms with van der Waals surface area (Å²) < 4.78 is 0. The Morgan fingerprint density at radius 1 is 1.39 bits per heavy atom. The number of aliphatic carboxylic acids is 1. The second-order valence-corrected chi connectivity index (χ2v) is 4.47. The van der Waals surface area contributed by atoms with Crippen LogP contribution in [0.2, 0.25) is 0 Å². The highest BCUT2D eigenvalue weighted by Gasteiger charge is 2.41. The zero-order valence-corrected chi connectivity index (χ0v) is 9.63. The van der Waals surface area contributed by atoms with Crippen molar-refractivity contribution in [1.29, 1.82) is 0 Å². The third-order valence-corrected chi connectivity index (χ3v) is 3.16. The highest BCUT2D eigenvalue weighted by Crippen LogP contribution is 2.19. The van der Waals surface area contributed by atoms with Gasteiger partial charge < -0.3 is 20.4 Å². The van der Waals surface area contributed by atoms with Crippen LogP contribution in [0.25, 0.3) is 0 Å². The van der Waals surface area contributed by atoms with Gasteiger partial charge in [0.15, 0.2) is 0 Å². The van der Waals surface area contributed by atoms with Crippen LogP contribution in [0.4, 0.5) is 0 Å². The third-order valence-electron chi connectivity index (χ3n) is 3.16. The smallest absolute Gasteiger partial charge is 0.326 e. The normalized spacial score (nSPS) is 32.2. The van der Waals surface area contributed by atoms with Crippen LogP contribution in [-0.4, -0.2) is 70.7 Å². The van der Waals surface area contributed by atoms with Crippen molar-refractivity contribution < 1.29 is 24.6 Å². The molecule has 2 amide bonds. The van der Waals surface area contributed by atoms with E-state index in [2.05, 4.69) is 10.6 Å². The average molecular weight is 257 g/mol. The molecule has 1 unspecified atom stereocenters. The van der Waals surface area contributed by atoms with E-state index in [0.29, 0.717) is 0 Å². The molecule has 0 bridgehead atoms. The lowest BCUT2D eigenvalue weighted by Gasteiger charge is -2.29. The first kappa shape index (κ1) is 12.8. The summed E-state index contributed by atoms with van der Waals surface area (Å²) in [5.41, 5.74) is 0. The maximum absolute atomic E-state index is 12.1. The SMILES string of the molecule is O=C1CNC(C(=O)N2C[C@H](O)C[C@@H]2C(=O)O)CN1. The van der Waals surface area contributed by atoms with Gasteiger partial charge in [0.1, 0.15) is 12.1 Å². The number of carboxylic acid groups (broad SMARTS) is 1. The Morgan fingerprint density at radius 2 is 2.11 bits per heavy atom. The number of hydrogen-bond donors (Lipinski definition) is 4. The van der Waals surface area contributed by atoms with Crippen LogP contribution in [0, 0.1) is 0 Å². The topological polar surface area (TPSA) is 119 Å². The van der Waals surface area contributed by atoms with Gasteiger partial charge in [-0.05, 0) is 0 Å². The summed E-state index contributed by atoms with van der Waals surface area (Å²) >= 11 is 0. The molecule has 2 aliphatic heterocycles. The van der Waals surface area contributed by atoms with Gasteiger partial charge in [0, 0.05) is 19.5 Å². The molecule has 100 valence electrons. The van der Waals surface area contributed by atoms with Gasteiger partial charge in [-0.1, -0.05) is 0 Å². The molecule has 18 heavy (non-hydrogen) atoms. The summed E-state index contributed by atoms with van der Waals surface area (Å²) in [6.45, 7) is 0.184. The van der Waals surface area contributed by atoms with E-state index in [1.165, 1.54) is 0 Å². The first-order chi connectivity index (χ1) is 8.49. The van der Waals surface area contributed by atoms with Crippen molar-refractivity contribution >= 4 is 17.8 Å². The van der Waals surface area contributed by atoms with Crippen molar-refractivity contribution in [2.24, 2.45) is 0 Å². The van der Waals surface area contributed by atoms with Crippen LogP contribution in [0.5, 0.6) is 0 Å². The van der Waals surface area contributed by atoms with E-state index in [-0.39, 0.29) is 32.0 Å². The summed E-state index contributed by atoms with van der Waals surface area (Å²) in [5.74, 6) is -1.73. The number of likely N-dealkylation sites (tertiary alicyclic amines) is 1. The number of carboxylic acids is 1. The Kier molecular flexibility index (Phi) is 3.48. The van der Waals surface area contributed by atoms with Gasteiger partial charge in [-0.25, -0.2) is 4.79 Å². The van der Waals surface area contributed by atoms with Crippen LogP contribution >= 0.6 is 0 Å². The van der Waals surface area contributed by atoms with Crippen LogP contribution in [-0.2, 0) is 14.4 Å². The van der Waals surface area contributed by atoms with Crippen molar-refractivity contribution in [3.8, 4) is 0 Å². The monoisotopic (exact) mass is 257 g/mol. The van der Waals surface area contributed by atoms with Gasteiger partial charge in [0.25, 0.3) is 0 Å². The number of aliphatic hydroxyl groups excluding tert-OH is 1. The van der Waals surface area contributed by atoms with Gasteiger partial charge in [-0.15, -0.1) is 0 Å².